The van der Waals surface area contributed by atoms with Gasteiger partial charge in [-0.2, -0.15) is 0 Å². The van der Waals surface area contributed by atoms with E-state index >= 15 is 0 Å². The molecular formula is C11H11ClOS. The van der Waals surface area contributed by atoms with Crippen molar-refractivity contribution in [2.75, 3.05) is 0 Å². The van der Waals surface area contributed by atoms with Crippen molar-refractivity contribution in [1.29, 1.82) is 0 Å². The number of hydrogen-bond acceptors (Lipinski definition) is 2. The Labute approximate surface area is 92.4 Å². The van der Waals surface area contributed by atoms with Crippen LogP contribution in [0.5, 0.6) is 0 Å². The Morgan fingerprint density at radius 2 is 2.07 bits per heavy atom. The first kappa shape index (κ1) is 9.94. The molecule has 0 amide bonds. The van der Waals surface area contributed by atoms with Gasteiger partial charge in [-0.1, -0.05) is 17.7 Å². The molecule has 1 nitrogen and oxygen atoms in total. The highest BCUT2D eigenvalue weighted by atomic mass is 35.5. The van der Waals surface area contributed by atoms with Crippen molar-refractivity contribution in [3.05, 3.63) is 33.0 Å². The van der Waals surface area contributed by atoms with E-state index in [2.05, 4.69) is 0 Å². The Hall–Kier alpha value is -0.600. The van der Waals surface area contributed by atoms with Crippen molar-refractivity contribution < 1.29 is 4.79 Å². The van der Waals surface area contributed by atoms with Gasteiger partial charge in [0, 0.05) is 0 Å². The Morgan fingerprint density at radius 1 is 1.36 bits per heavy atom. The van der Waals surface area contributed by atoms with Crippen LogP contribution in [-0.2, 0) is 0 Å². The summed E-state index contributed by atoms with van der Waals surface area (Å²) in [6.45, 7) is 0. The van der Waals surface area contributed by atoms with Crippen LogP contribution in [0, 0.1) is 0 Å². The topological polar surface area (TPSA) is 17.1 Å². The standard InChI is InChI=1S/C11H11ClOS/c12-10(8-4-1-2-5-8)11(13)9-6-3-7-14-9/h3,6-7H,1-2,4-5H2. The summed E-state index contributed by atoms with van der Waals surface area (Å²) < 4.78 is 0. The molecule has 1 aliphatic carbocycles. The fourth-order valence-corrected chi connectivity index (χ4v) is 2.71. The molecule has 0 bridgehead atoms. The Kier molecular flexibility index (Phi) is 3.04. The van der Waals surface area contributed by atoms with E-state index in [1.165, 1.54) is 24.2 Å². The summed E-state index contributed by atoms with van der Waals surface area (Å²) >= 11 is 7.52. The summed E-state index contributed by atoms with van der Waals surface area (Å²) in [5.74, 6) is -0.00133. The summed E-state index contributed by atoms with van der Waals surface area (Å²) in [5, 5.41) is 2.36. The zero-order valence-corrected chi connectivity index (χ0v) is 9.33. The molecule has 0 saturated heterocycles. The van der Waals surface area contributed by atoms with E-state index in [1.807, 2.05) is 17.5 Å². The van der Waals surface area contributed by atoms with Gasteiger partial charge in [0.05, 0.1) is 9.91 Å². The van der Waals surface area contributed by atoms with E-state index in [0.29, 0.717) is 5.03 Å². The molecule has 0 radical (unpaired) electrons. The zero-order chi connectivity index (χ0) is 9.97. The maximum atomic E-state index is 11.8. The molecule has 0 aromatic carbocycles. The van der Waals surface area contributed by atoms with Crippen LogP contribution in [0.1, 0.15) is 35.4 Å². The maximum absolute atomic E-state index is 11.8. The van der Waals surface area contributed by atoms with Gasteiger partial charge >= 0.3 is 0 Å². The number of rotatable bonds is 2. The second kappa shape index (κ2) is 4.28. The highest BCUT2D eigenvalue weighted by Crippen LogP contribution is 2.30. The number of allylic oxidation sites excluding steroid dienone is 2. The lowest BCUT2D eigenvalue weighted by Gasteiger charge is -2.00. The van der Waals surface area contributed by atoms with E-state index in [-0.39, 0.29) is 5.78 Å². The molecule has 0 spiro atoms. The van der Waals surface area contributed by atoms with Crippen LogP contribution in [0.25, 0.3) is 0 Å². The number of carbonyl (C=O) groups excluding carboxylic acids is 1. The van der Waals surface area contributed by atoms with Gasteiger partial charge in [-0.15, -0.1) is 11.3 Å². The lowest BCUT2D eigenvalue weighted by molar-refractivity contribution is 0.104. The largest absolute Gasteiger partial charge is 0.287 e. The fraction of sp³-hybridized carbons (Fsp3) is 0.364. The quantitative estimate of drug-likeness (QED) is 0.550. The SMILES string of the molecule is O=C(C(Cl)=C1CCCC1)c1cccs1. The minimum atomic E-state index is -0.00133. The van der Waals surface area contributed by atoms with Gasteiger partial charge in [0.25, 0.3) is 0 Å². The van der Waals surface area contributed by atoms with Gasteiger partial charge in [0.2, 0.25) is 5.78 Å². The Morgan fingerprint density at radius 3 is 2.64 bits per heavy atom. The van der Waals surface area contributed by atoms with Gasteiger partial charge in [-0.25, -0.2) is 0 Å². The normalized spacial score (nSPS) is 15.9. The number of ketones is 1. The van der Waals surface area contributed by atoms with Crippen molar-refractivity contribution in [3.63, 3.8) is 0 Å². The third kappa shape index (κ3) is 1.91. The van der Waals surface area contributed by atoms with Crippen molar-refractivity contribution in [2.24, 2.45) is 0 Å². The maximum Gasteiger partial charge on any atom is 0.214 e. The lowest BCUT2D eigenvalue weighted by atomic mass is 10.1. The van der Waals surface area contributed by atoms with Gasteiger partial charge in [-0.05, 0) is 42.7 Å². The third-order valence-corrected chi connectivity index (χ3v) is 3.77. The van der Waals surface area contributed by atoms with Crippen LogP contribution in [-0.4, -0.2) is 5.78 Å². The van der Waals surface area contributed by atoms with Crippen LogP contribution in [0.15, 0.2) is 28.1 Å². The highest BCUT2D eigenvalue weighted by Gasteiger charge is 2.18. The van der Waals surface area contributed by atoms with E-state index < -0.39 is 0 Å². The predicted molar refractivity (Wildman–Crippen MR) is 60.0 cm³/mol. The summed E-state index contributed by atoms with van der Waals surface area (Å²) in [6, 6.07) is 3.70. The van der Waals surface area contributed by atoms with Crippen molar-refractivity contribution in [2.45, 2.75) is 25.7 Å². The molecular weight excluding hydrogens is 216 g/mol. The molecule has 1 fully saturated rings. The Bertz CT molecular complexity index is 357. The summed E-state index contributed by atoms with van der Waals surface area (Å²) in [6.07, 6.45) is 4.33. The number of thiophene rings is 1. The van der Waals surface area contributed by atoms with E-state index in [1.54, 1.807) is 0 Å². The number of Topliss-reactive ketones (excluding diaryl/α,β-unsaturated/α-hetero) is 1. The average molecular weight is 227 g/mol. The minimum absolute atomic E-state index is 0.00133. The number of hydrogen-bond donors (Lipinski definition) is 0. The molecule has 2 rings (SSSR count). The molecule has 0 N–H and O–H groups in total. The van der Waals surface area contributed by atoms with Crippen LogP contribution in [0.2, 0.25) is 0 Å². The molecule has 1 aliphatic rings. The summed E-state index contributed by atoms with van der Waals surface area (Å²) in [4.78, 5) is 12.6. The monoisotopic (exact) mass is 226 g/mol. The zero-order valence-electron chi connectivity index (χ0n) is 7.75. The van der Waals surface area contributed by atoms with Gasteiger partial charge in [0.1, 0.15) is 0 Å². The van der Waals surface area contributed by atoms with Gasteiger partial charge in [-0.3, -0.25) is 4.79 Å². The molecule has 74 valence electrons. The lowest BCUT2D eigenvalue weighted by Crippen LogP contribution is -1.98. The van der Waals surface area contributed by atoms with Gasteiger partial charge < -0.3 is 0 Å². The highest BCUT2D eigenvalue weighted by molar-refractivity contribution is 7.12. The molecule has 1 aromatic rings. The molecule has 0 atom stereocenters. The van der Waals surface area contributed by atoms with E-state index in [9.17, 15) is 4.79 Å². The van der Waals surface area contributed by atoms with Crippen molar-refractivity contribution in [3.8, 4) is 0 Å². The molecule has 0 unspecified atom stereocenters. The van der Waals surface area contributed by atoms with E-state index in [0.717, 1.165) is 23.3 Å². The molecule has 14 heavy (non-hydrogen) atoms. The molecule has 3 heteroatoms. The Balaban J connectivity index is 2.23. The smallest absolute Gasteiger partial charge is 0.214 e. The van der Waals surface area contributed by atoms with Crippen molar-refractivity contribution >= 4 is 28.7 Å². The summed E-state index contributed by atoms with van der Waals surface area (Å²) in [5.41, 5.74) is 1.14. The third-order valence-electron chi connectivity index (χ3n) is 2.46. The van der Waals surface area contributed by atoms with Crippen LogP contribution in [0.3, 0.4) is 0 Å². The number of halogens is 1. The van der Waals surface area contributed by atoms with E-state index in [4.69, 9.17) is 11.6 Å². The second-order valence-electron chi connectivity index (χ2n) is 3.43. The molecule has 1 heterocycles. The molecule has 1 saturated carbocycles. The predicted octanol–water partition coefficient (Wildman–Crippen LogP) is 4.00. The first-order valence-corrected chi connectivity index (χ1v) is 6.00. The van der Waals surface area contributed by atoms with Crippen LogP contribution >= 0.6 is 22.9 Å². The number of carbonyl (C=O) groups is 1. The average Bonchev–Trinajstić information content (AvgIpc) is 2.87. The fourth-order valence-electron chi connectivity index (χ4n) is 1.70. The minimum Gasteiger partial charge on any atom is -0.287 e. The molecule has 0 aliphatic heterocycles. The second-order valence-corrected chi connectivity index (χ2v) is 4.76. The van der Waals surface area contributed by atoms with Crippen LogP contribution in [0.4, 0.5) is 0 Å². The summed E-state index contributed by atoms with van der Waals surface area (Å²) in [7, 11) is 0. The molecule has 1 aromatic heterocycles. The van der Waals surface area contributed by atoms with Crippen molar-refractivity contribution in [1.82, 2.24) is 0 Å². The first-order valence-electron chi connectivity index (χ1n) is 4.75. The first-order chi connectivity index (χ1) is 6.79. The van der Waals surface area contributed by atoms with Gasteiger partial charge in [0.15, 0.2) is 0 Å². The van der Waals surface area contributed by atoms with Crippen LogP contribution < -0.4 is 0 Å².